The topological polar surface area (TPSA) is 40.5 Å². The van der Waals surface area contributed by atoms with Gasteiger partial charge in [0.15, 0.2) is 0 Å². The first-order valence-electron chi connectivity index (χ1n) is 8.90. The van der Waals surface area contributed by atoms with Crippen molar-refractivity contribution in [2.45, 2.75) is 50.8 Å². The van der Waals surface area contributed by atoms with E-state index in [-0.39, 0.29) is 11.4 Å². The zero-order valence-corrected chi connectivity index (χ0v) is 17.1. The highest BCUT2D eigenvalue weighted by molar-refractivity contribution is 9.10. The van der Waals surface area contributed by atoms with Gasteiger partial charge in [0, 0.05) is 22.1 Å². The molecule has 5 heteroatoms. The second kappa shape index (κ2) is 8.12. The Morgan fingerprint density at radius 3 is 2.50 bits per heavy atom. The number of hydrogen-bond acceptors (Lipinski definition) is 2. The molecule has 1 amide bonds. The Labute approximate surface area is 168 Å². The summed E-state index contributed by atoms with van der Waals surface area (Å²) in [6.45, 7) is 2.32. The number of aliphatic hydroxyl groups is 1. The Balaban J connectivity index is 1.96. The minimum absolute atomic E-state index is 0.0383. The molecule has 0 radical (unpaired) electrons. The Bertz CT molecular complexity index is 775. The van der Waals surface area contributed by atoms with Crippen LogP contribution in [0, 0.1) is 0 Å². The fourth-order valence-corrected chi connectivity index (χ4v) is 4.15. The molecule has 0 aromatic heterocycles. The van der Waals surface area contributed by atoms with E-state index in [2.05, 4.69) is 15.9 Å². The maximum Gasteiger partial charge on any atom is 0.254 e. The second-order valence-corrected chi connectivity index (χ2v) is 8.40. The smallest absolute Gasteiger partial charge is 0.254 e. The first-order valence-corrected chi connectivity index (χ1v) is 10.1. The molecule has 1 atom stereocenters. The quantitative estimate of drug-likeness (QED) is 0.655. The van der Waals surface area contributed by atoms with Crippen LogP contribution in [0.3, 0.4) is 0 Å². The van der Waals surface area contributed by atoms with Gasteiger partial charge in [0.25, 0.3) is 5.91 Å². The van der Waals surface area contributed by atoms with E-state index in [0.29, 0.717) is 23.6 Å². The van der Waals surface area contributed by atoms with E-state index in [4.69, 9.17) is 11.6 Å². The number of hydrogen-bond donors (Lipinski definition) is 1. The molecule has 3 nitrogen and oxygen atoms in total. The van der Waals surface area contributed by atoms with Crippen LogP contribution in [-0.2, 0) is 6.54 Å². The number of amides is 1. The molecular formula is C21H23BrClNO2. The van der Waals surface area contributed by atoms with Gasteiger partial charge in [-0.05, 0) is 72.3 Å². The number of nitrogens with zero attached hydrogens (tertiary/aromatic N) is 1. The Morgan fingerprint density at radius 1 is 1.27 bits per heavy atom. The Kier molecular flexibility index (Phi) is 6.06. The molecule has 138 valence electrons. The molecule has 26 heavy (non-hydrogen) atoms. The van der Waals surface area contributed by atoms with Crippen LogP contribution in [0.1, 0.15) is 48.5 Å². The van der Waals surface area contributed by atoms with Gasteiger partial charge in [-0.25, -0.2) is 0 Å². The van der Waals surface area contributed by atoms with Crippen LogP contribution in [0.25, 0.3) is 0 Å². The number of benzene rings is 2. The van der Waals surface area contributed by atoms with Crippen molar-refractivity contribution in [3.8, 4) is 0 Å². The molecule has 1 saturated carbocycles. The maximum absolute atomic E-state index is 13.4. The molecule has 0 spiro atoms. The molecule has 1 aliphatic carbocycles. The highest BCUT2D eigenvalue weighted by Gasteiger charge is 2.45. The van der Waals surface area contributed by atoms with Gasteiger partial charge in [-0.2, -0.15) is 0 Å². The lowest BCUT2D eigenvalue weighted by molar-refractivity contribution is -0.0152. The van der Waals surface area contributed by atoms with Crippen molar-refractivity contribution in [1.29, 1.82) is 0 Å². The number of carbonyl (C=O) groups excluding carboxylic acids is 1. The number of rotatable bonds is 6. The van der Waals surface area contributed by atoms with Crippen molar-refractivity contribution in [2.24, 2.45) is 0 Å². The van der Waals surface area contributed by atoms with Crippen molar-refractivity contribution in [3.63, 3.8) is 0 Å². The Hall–Kier alpha value is -1.36. The van der Waals surface area contributed by atoms with E-state index in [9.17, 15) is 9.90 Å². The van der Waals surface area contributed by atoms with E-state index in [0.717, 1.165) is 29.3 Å². The number of aliphatic hydroxyl groups excluding tert-OH is 1. The summed E-state index contributed by atoms with van der Waals surface area (Å²) in [5.74, 6) is -0.0383. The minimum atomic E-state index is -0.449. The van der Waals surface area contributed by atoms with Gasteiger partial charge >= 0.3 is 0 Å². The first-order chi connectivity index (χ1) is 12.4. The summed E-state index contributed by atoms with van der Waals surface area (Å²) in [4.78, 5) is 15.3. The van der Waals surface area contributed by atoms with Crippen LogP contribution < -0.4 is 0 Å². The van der Waals surface area contributed by atoms with Crippen LogP contribution in [0.2, 0.25) is 5.02 Å². The fraction of sp³-hybridized carbons (Fsp3) is 0.381. The van der Waals surface area contributed by atoms with Gasteiger partial charge < -0.3 is 10.0 Å². The van der Waals surface area contributed by atoms with Crippen LogP contribution >= 0.6 is 27.5 Å². The van der Waals surface area contributed by atoms with Crippen LogP contribution in [-0.4, -0.2) is 27.6 Å². The van der Waals surface area contributed by atoms with E-state index in [1.807, 2.05) is 35.2 Å². The summed E-state index contributed by atoms with van der Waals surface area (Å²) in [6, 6.07) is 15.3. The third-order valence-corrected chi connectivity index (χ3v) is 6.36. The maximum atomic E-state index is 13.4. The zero-order chi connectivity index (χ0) is 18.7. The van der Waals surface area contributed by atoms with Gasteiger partial charge in [0.1, 0.15) is 0 Å². The molecule has 0 bridgehead atoms. The highest BCUT2D eigenvalue weighted by Crippen LogP contribution is 2.43. The molecule has 2 aromatic carbocycles. The van der Waals surface area contributed by atoms with E-state index in [1.165, 1.54) is 0 Å². The van der Waals surface area contributed by atoms with Crippen molar-refractivity contribution in [2.75, 3.05) is 0 Å². The van der Waals surface area contributed by atoms with Gasteiger partial charge in [-0.15, -0.1) is 0 Å². The lowest BCUT2D eigenvalue weighted by Crippen LogP contribution is -2.57. The SMILES string of the molecule is CC(O)CC1(N(Cc2ccccc2)C(=O)c2ccc(Br)c(Cl)c2)CCC1. The Morgan fingerprint density at radius 2 is 1.96 bits per heavy atom. The molecular weight excluding hydrogens is 414 g/mol. The van der Waals surface area contributed by atoms with Crippen LogP contribution in [0.15, 0.2) is 53.0 Å². The van der Waals surface area contributed by atoms with Gasteiger partial charge in [-0.3, -0.25) is 4.79 Å². The van der Waals surface area contributed by atoms with Crippen molar-refractivity contribution in [1.82, 2.24) is 4.90 Å². The predicted octanol–water partition coefficient (Wildman–Crippen LogP) is 5.44. The summed E-state index contributed by atoms with van der Waals surface area (Å²) in [5.41, 5.74) is 1.37. The molecule has 0 saturated heterocycles. The molecule has 1 aliphatic rings. The average Bonchev–Trinajstić information content (AvgIpc) is 2.59. The first kappa shape index (κ1) is 19.4. The summed E-state index contributed by atoms with van der Waals surface area (Å²) < 4.78 is 0.771. The molecule has 0 heterocycles. The zero-order valence-electron chi connectivity index (χ0n) is 14.8. The van der Waals surface area contributed by atoms with E-state index < -0.39 is 6.10 Å². The van der Waals surface area contributed by atoms with Crippen molar-refractivity contribution >= 4 is 33.4 Å². The molecule has 0 aliphatic heterocycles. The van der Waals surface area contributed by atoms with E-state index in [1.54, 1.807) is 25.1 Å². The number of carbonyl (C=O) groups is 1. The van der Waals surface area contributed by atoms with Crippen LogP contribution in [0.4, 0.5) is 0 Å². The van der Waals surface area contributed by atoms with Crippen molar-refractivity contribution in [3.05, 3.63) is 69.2 Å². The summed E-state index contributed by atoms with van der Waals surface area (Å²) >= 11 is 9.59. The minimum Gasteiger partial charge on any atom is -0.393 e. The normalized spacial score (nSPS) is 16.6. The second-order valence-electron chi connectivity index (χ2n) is 7.14. The molecule has 1 fully saturated rings. The summed E-state index contributed by atoms with van der Waals surface area (Å²) in [5, 5.41) is 10.6. The summed E-state index contributed by atoms with van der Waals surface area (Å²) in [6.07, 6.45) is 3.05. The van der Waals surface area contributed by atoms with Crippen molar-refractivity contribution < 1.29 is 9.90 Å². The fourth-order valence-electron chi connectivity index (χ4n) is 3.72. The van der Waals surface area contributed by atoms with E-state index >= 15 is 0 Å². The number of halogens is 2. The molecule has 3 rings (SSSR count). The monoisotopic (exact) mass is 435 g/mol. The third-order valence-electron chi connectivity index (χ3n) is 5.13. The predicted molar refractivity (Wildman–Crippen MR) is 108 cm³/mol. The van der Waals surface area contributed by atoms with Gasteiger partial charge in [0.05, 0.1) is 11.1 Å². The van der Waals surface area contributed by atoms with Gasteiger partial charge in [0.2, 0.25) is 0 Å². The summed E-state index contributed by atoms with van der Waals surface area (Å²) in [7, 11) is 0. The standard InChI is InChI=1S/C21H23BrClNO2/c1-15(25)13-21(10-5-11-21)24(14-16-6-3-2-4-7-16)20(26)17-8-9-18(22)19(23)12-17/h2-4,6-9,12,15,25H,5,10-11,13-14H2,1H3. The molecule has 1 unspecified atom stereocenters. The largest absolute Gasteiger partial charge is 0.393 e. The lowest BCUT2D eigenvalue weighted by Gasteiger charge is -2.51. The molecule has 2 aromatic rings. The third kappa shape index (κ3) is 4.13. The van der Waals surface area contributed by atoms with Gasteiger partial charge in [-0.1, -0.05) is 41.9 Å². The van der Waals surface area contributed by atoms with Crippen LogP contribution in [0.5, 0.6) is 0 Å². The molecule has 1 N–H and O–H groups in total. The lowest BCUT2D eigenvalue weighted by atomic mass is 9.71. The average molecular weight is 437 g/mol. The highest BCUT2D eigenvalue weighted by atomic mass is 79.9.